The summed E-state index contributed by atoms with van der Waals surface area (Å²) in [6, 6.07) is 12.8. The van der Waals surface area contributed by atoms with Crippen LogP contribution < -0.4 is 14.8 Å². The zero-order valence-corrected chi connectivity index (χ0v) is 15.5. The van der Waals surface area contributed by atoms with E-state index in [-0.39, 0.29) is 11.7 Å². The lowest BCUT2D eigenvalue weighted by Crippen LogP contribution is -2.13. The van der Waals surface area contributed by atoms with Crippen molar-refractivity contribution in [2.45, 2.75) is 33.6 Å². The highest BCUT2D eigenvalue weighted by atomic mass is 16.5. The molecule has 0 spiro atoms. The summed E-state index contributed by atoms with van der Waals surface area (Å²) < 4.78 is 11.4. The Bertz CT molecular complexity index is 770. The fraction of sp³-hybridized carbons (Fsp3) is 0.333. The molecule has 1 amide bonds. The Balaban J connectivity index is 1.96. The van der Waals surface area contributed by atoms with E-state index in [0.717, 1.165) is 17.7 Å². The Morgan fingerprint density at radius 3 is 2.35 bits per heavy atom. The number of benzene rings is 2. The molecular weight excluding hydrogens is 330 g/mol. The van der Waals surface area contributed by atoms with E-state index in [4.69, 9.17) is 9.47 Å². The second-order valence-corrected chi connectivity index (χ2v) is 6.03. The van der Waals surface area contributed by atoms with Crippen molar-refractivity contribution in [2.24, 2.45) is 0 Å². The Labute approximate surface area is 154 Å². The summed E-state index contributed by atoms with van der Waals surface area (Å²) >= 11 is 0. The number of hydrogen-bond acceptors (Lipinski definition) is 4. The number of anilines is 1. The third-order valence-corrected chi connectivity index (χ3v) is 3.81. The zero-order chi connectivity index (χ0) is 18.9. The van der Waals surface area contributed by atoms with Crippen molar-refractivity contribution in [3.05, 3.63) is 53.6 Å². The topological polar surface area (TPSA) is 64.6 Å². The average Bonchev–Trinajstić information content (AvgIpc) is 2.61. The van der Waals surface area contributed by atoms with E-state index in [0.29, 0.717) is 36.6 Å². The maximum Gasteiger partial charge on any atom is 0.224 e. The van der Waals surface area contributed by atoms with E-state index >= 15 is 0 Å². The van der Waals surface area contributed by atoms with E-state index in [2.05, 4.69) is 5.32 Å². The number of Topliss-reactive ketones (excluding diaryl/α,β-unsaturated/α-hetero) is 1. The number of carbonyl (C=O) groups is 2. The molecular formula is C21H25NO4. The maximum atomic E-state index is 11.9. The highest BCUT2D eigenvalue weighted by molar-refractivity contribution is 5.99. The summed E-state index contributed by atoms with van der Waals surface area (Å²) in [6.45, 7) is 6.09. The van der Waals surface area contributed by atoms with Crippen molar-refractivity contribution in [3.63, 3.8) is 0 Å². The van der Waals surface area contributed by atoms with E-state index in [1.165, 1.54) is 6.92 Å². The van der Waals surface area contributed by atoms with Crippen molar-refractivity contribution in [3.8, 4) is 11.5 Å². The van der Waals surface area contributed by atoms with E-state index in [1.54, 1.807) is 18.2 Å². The first-order valence-electron chi connectivity index (χ1n) is 8.77. The highest BCUT2D eigenvalue weighted by Crippen LogP contribution is 2.24. The van der Waals surface area contributed by atoms with Crippen LogP contribution in [0.15, 0.2) is 42.5 Å². The van der Waals surface area contributed by atoms with Crippen LogP contribution in [0.25, 0.3) is 0 Å². The number of para-hydroxylation sites is 1. The van der Waals surface area contributed by atoms with Crippen LogP contribution in [0.4, 0.5) is 5.69 Å². The van der Waals surface area contributed by atoms with Gasteiger partial charge in [-0.15, -0.1) is 0 Å². The molecule has 26 heavy (non-hydrogen) atoms. The fourth-order valence-corrected chi connectivity index (χ4v) is 2.48. The van der Waals surface area contributed by atoms with Crippen LogP contribution in [0, 0.1) is 6.92 Å². The average molecular weight is 355 g/mol. The first-order chi connectivity index (χ1) is 12.5. The predicted octanol–water partition coefficient (Wildman–Crippen LogP) is 4.39. The molecule has 5 nitrogen and oxygen atoms in total. The normalized spacial score (nSPS) is 10.3. The zero-order valence-electron chi connectivity index (χ0n) is 15.5. The molecule has 5 heteroatoms. The van der Waals surface area contributed by atoms with Gasteiger partial charge in [-0.3, -0.25) is 9.59 Å². The maximum absolute atomic E-state index is 11.9. The molecule has 0 aliphatic carbocycles. The quantitative estimate of drug-likeness (QED) is 0.535. The van der Waals surface area contributed by atoms with Crippen molar-refractivity contribution in [1.29, 1.82) is 0 Å². The van der Waals surface area contributed by atoms with E-state index < -0.39 is 0 Å². The summed E-state index contributed by atoms with van der Waals surface area (Å²) in [5, 5.41) is 2.79. The molecule has 0 fully saturated rings. The van der Waals surface area contributed by atoms with Crippen LogP contribution in [-0.4, -0.2) is 24.9 Å². The molecule has 0 atom stereocenters. The van der Waals surface area contributed by atoms with Crippen molar-refractivity contribution in [2.75, 3.05) is 18.5 Å². The SMILES string of the molecule is CCCC(=O)Nc1ccc(OCCOc2ccccc2C)c(C(C)=O)c1. The Hall–Kier alpha value is -2.82. The molecule has 0 aromatic heterocycles. The number of ether oxygens (including phenoxy) is 2. The molecule has 1 N–H and O–H groups in total. The minimum Gasteiger partial charge on any atom is -0.490 e. The molecule has 2 aromatic carbocycles. The Kier molecular flexibility index (Phi) is 7.21. The third kappa shape index (κ3) is 5.62. The highest BCUT2D eigenvalue weighted by Gasteiger charge is 2.11. The van der Waals surface area contributed by atoms with Gasteiger partial charge in [-0.2, -0.15) is 0 Å². The molecule has 0 aliphatic rings. The van der Waals surface area contributed by atoms with Gasteiger partial charge in [0.15, 0.2) is 5.78 Å². The summed E-state index contributed by atoms with van der Waals surface area (Å²) in [4.78, 5) is 23.6. The van der Waals surface area contributed by atoms with Gasteiger partial charge in [-0.1, -0.05) is 25.1 Å². The van der Waals surface area contributed by atoms with Gasteiger partial charge in [0.2, 0.25) is 5.91 Å². The number of hydrogen-bond donors (Lipinski definition) is 1. The molecule has 0 saturated carbocycles. The molecule has 0 heterocycles. The monoisotopic (exact) mass is 355 g/mol. The van der Waals surface area contributed by atoms with Crippen molar-refractivity contribution in [1.82, 2.24) is 0 Å². The van der Waals surface area contributed by atoms with Gasteiger partial charge in [0, 0.05) is 12.1 Å². The summed E-state index contributed by atoms with van der Waals surface area (Å²) in [5.41, 5.74) is 2.09. The summed E-state index contributed by atoms with van der Waals surface area (Å²) in [6.07, 6.45) is 1.22. The summed E-state index contributed by atoms with van der Waals surface area (Å²) in [5.74, 6) is 1.12. The smallest absolute Gasteiger partial charge is 0.224 e. The molecule has 0 aliphatic heterocycles. The predicted molar refractivity (Wildman–Crippen MR) is 102 cm³/mol. The van der Waals surface area contributed by atoms with Gasteiger partial charge >= 0.3 is 0 Å². The standard InChI is InChI=1S/C21H25NO4/c1-4-7-21(24)22-17-10-11-20(18(14-17)16(3)23)26-13-12-25-19-9-6-5-8-15(19)2/h5-6,8-11,14H,4,7,12-13H2,1-3H3,(H,22,24). The second-order valence-electron chi connectivity index (χ2n) is 6.03. The Morgan fingerprint density at radius 1 is 1.00 bits per heavy atom. The van der Waals surface area contributed by atoms with Crippen LogP contribution in [0.1, 0.15) is 42.6 Å². The Morgan fingerprint density at radius 2 is 1.69 bits per heavy atom. The largest absolute Gasteiger partial charge is 0.490 e. The lowest BCUT2D eigenvalue weighted by atomic mass is 10.1. The number of carbonyl (C=O) groups excluding carboxylic acids is 2. The molecule has 0 bridgehead atoms. The van der Waals surface area contributed by atoms with Gasteiger partial charge < -0.3 is 14.8 Å². The van der Waals surface area contributed by atoms with Crippen LogP contribution in [0.2, 0.25) is 0 Å². The number of nitrogens with one attached hydrogen (secondary N) is 1. The molecule has 138 valence electrons. The van der Waals surface area contributed by atoms with Crippen molar-refractivity contribution >= 4 is 17.4 Å². The molecule has 0 saturated heterocycles. The number of amides is 1. The van der Waals surface area contributed by atoms with Gasteiger partial charge in [-0.05, 0) is 50.1 Å². The number of rotatable bonds is 9. The van der Waals surface area contributed by atoms with E-state index in [9.17, 15) is 9.59 Å². The molecule has 2 aromatic rings. The second kappa shape index (κ2) is 9.61. The molecule has 0 unspecified atom stereocenters. The molecule has 2 rings (SSSR count). The number of aryl methyl sites for hydroxylation is 1. The van der Waals surface area contributed by atoms with Crippen LogP contribution in [0.3, 0.4) is 0 Å². The van der Waals surface area contributed by atoms with E-state index in [1.807, 2.05) is 38.1 Å². The first-order valence-corrected chi connectivity index (χ1v) is 8.77. The minimum atomic E-state index is -0.119. The fourth-order valence-electron chi connectivity index (χ4n) is 2.48. The summed E-state index contributed by atoms with van der Waals surface area (Å²) in [7, 11) is 0. The van der Waals surface area contributed by atoms with Gasteiger partial charge in [0.05, 0.1) is 5.56 Å². The van der Waals surface area contributed by atoms with Gasteiger partial charge in [0.25, 0.3) is 0 Å². The lowest BCUT2D eigenvalue weighted by Gasteiger charge is -2.13. The van der Waals surface area contributed by atoms with Crippen LogP contribution >= 0.6 is 0 Å². The first kappa shape index (κ1) is 19.5. The van der Waals surface area contributed by atoms with Crippen molar-refractivity contribution < 1.29 is 19.1 Å². The minimum absolute atomic E-state index is 0.0673. The number of ketones is 1. The third-order valence-electron chi connectivity index (χ3n) is 3.81. The van der Waals surface area contributed by atoms with Crippen LogP contribution in [-0.2, 0) is 4.79 Å². The van der Waals surface area contributed by atoms with Gasteiger partial charge in [0.1, 0.15) is 24.7 Å². The lowest BCUT2D eigenvalue weighted by molar-refractivity contribution is -0.116. The molecule has 0 radical (unpaired) electrons. The van der Waals surface area contributed by atoms with Gasteiger partial charge in [-0.25, -0.2) is 0 Å². The van der Waals surface area contributed by atoms with Crippen LogP contribution in [0.5, 0.6) is 11.5 Å².